The van der Waals surface area contributed by atoms with E-state index in [0.717, 1.165) is 12.5 Å². The Morgan fingerprint density at radius 3 is 2.89 bits per heavy atom. The average molecular weight is 129 g/mol. The van der Waals surface area contributed by atoms with E-state index in [1.54, 1.807) is 0 Å². The van der Waals surface area contributed by atoms with Gasteiger partial charge in [0.2, 0.25) is 0 Å². The predicted molar refractivity (Wildman–Crippen MR) is 37.3 cm³/mol. The molecule has 2 heteroatoms. The summed E-state index contributed by atoms with van der Waals surface area (Å²) in [6.07, 6.45) is 1.31. The van der Waals surface area contributed by atoms with Gasteiger partial charge in [-0.25, -0.2) is 0 Å². The van der Waals surface area contributed by atoms with Crippen LogP contribution < -0.4 is 0 Å². The molecular weight excluding hydrogens is 114 g/mol. The maximum atomic E-state index is 8.57. The van der Waals surface area contributed by atoms with Crippen LogP contribution in [0.25, 0.3) is 0 Å². The molecule has 2 nitrogen and oxygen atoms in total. The van der Waals surface area contributed by atoms with E-state index in [4.69, 9.17) is 5.11 Å². The summed E-state index contributed by atoms with van der Waals surface area (Å²) in [5.41, 5.74) is 0. The lowest BCUT2D eigenvalue weighted by molar-refractivity contribution is 0.218. The number of hydrogen-bond donors (Lipinski definition) is 1. The summed E-state index contributed by atoms with van der Waals surface area (Å²) in [7, 11) is 0. The van der Waals surface area contributed by atoms with E-state index >= 15 is 0 Å². The SMILES string of the molecule is C[C@@H]1CCN(CCO)C1. The number of nitrogens with zero attached hydrogens (tertiary/aromatic N) is 1. The van der Waals surface area contributed by atoms with Crippen LogP contribution in [-0.2, 0) is 0 Å². The van der Waals surface area contributed by atoms with E-state index < -0.39 is 0 Å². The smallest absolute Gasteiger partial charge is 0.0558 e. The largest absolute Gasteiger partial charge is 0.395 e. The maximum absolute atomic E-state index is 8.57. The minimum absolute atomic E-state index is 0.312. The molecule has 0 radical (unpaired) electrons. The lowest BCUT2D eigenvalue weighted by Crippen LogP contribution is -2.23. The highest BCUT2D eigenvalue weighted by molar-refractivity contribution is 4.71. The second-order valence-electron chi connectivity index (χ2n) is 2.92. The summed E-state index contributed by atoms with van der Waals surface area (Å²) >= 11 is 0. The van der Waals surface area contributed by atoms with E-state index in [-0.39, 0.29) is 0 Å². The van der Waals surface area contributed by atoms with Gasteiger partial charge >= 0.3 is 0 Å². The Labute approximate surface area is 56.5 Å². The Morgan fingerprint density at radius 2 is 2.44 bits per heavy atom. The van der Waals surface area contributed by atoms with Gasteiger partial charge in [0.25, 0.3) is 0 Å². The third-order valence-corrected chi connectivity index (χ3v) is 1.92. The second kappa shape index (κ2) is 3.18. The molecule has 54 valence electrons. The van der Waals surface area contributed by atoms with Crippen LogP contribution in [0, 0.1) is 5.92 Å². The average Bonchev–Trinajstić information content (AvgIpc) is 2.17. The van der Waals surface area contributed by atoms with Crippen LogP contribution in [0.3, 0.4) is 0 Å². The van der Waals surface area contributed by atoms with Crippen molar-refractivity contribution in [1.82, 2.24) is 4.90 Å². The van der Waals surface area contributed by atoms with Crippen molar-refractivity contribution in [3.8, 4) is 0 Å². The van der Waals surface area contributed by atoms with Crippen molar-refractivity contribution in [1.29, 1.82) is 0 Å². The summed E-state index contributed by atoms with van der Waals surface area (Å²) in [6.45, 7) is 5.80. The molecule has 0 aromatic carbocycles. The number of aliphatic hydroxyl groups is 1. The van der Waals surface area contributed by atoms with Gasteiger partial charge in [-0.2, -0.15) is 0 Å². The highest BCUT2D eigenvalue weighted by atomic mass is 16.3. The van der Waals surface area contributed by atoms with Gasteiger partial charge in [0.05, 0.1) is 6.61 Å². The van der Waals surface area contributed by atoms with Crippen LogP contribution in [0.5, 0.6) is 0 Å². The number of likely N-dealkylation sites (tertiary alicyclic amines) is 1. The Bertz CT molecular complexity index is 83.0. The molecule has 1 saturated heterocycles. The van der Waals surface area contributed by atoms with Crippen molar-refractivity contribution in [3.05, 3.63) is 0 Å². The topological polar surface area (TPSA) is 23.5 Å². The van der Waals surface area contributed by atoms with E-state index in [1.165, 1.54) is 19.5 Å². The zero-order chi connectivity index (χ0) is 6.69. The first-order valence-corrected chi connectivity index (χ1v) is 3.66. The first-order chi connectivity index (χ1) is 4.33. The summed E-state index contributed by atoms with van der Waals surface area (Å²) in [5, 5.41) is 8.57. The van der Waals surface area contributed by atoms with Gasteiger partial charge in [-0.15, -0.1) is 0 Å². The van der Waals surface area contributed by atoms with Crippen molar-refractivity contribution >= 4 is 0 Å². The molecule has 0 unspecified atom stereocenters. The van der Waals surface area contributed by atoms with Gasteiger partial charge < -0.3 is 10.0 Å². The molecule has 1 aliphatic rings. The molecule has 0 aromatic rings. The van der Waals surface area contributed by atoms with Crippen molar-refractivity contribution < 1.29 is 5.11 Å². The molecule has 0 aliphatic carbocycles. The van der Waals surface area contributed by atoms with E-state index in [0.29, 0.717) is 6.61 Å². The van der Waals surface area contributed by atoms with Crippen LogP contribution in [-0.4, -0.2) is 36.2 Å². The van der Waals surface area contributed by atoms with Crippen LogP contribution in [0.1, 0.15) is 13.3 Å². The van der Waals surface area contributed by atoms with Crippen molar-refractivity contribution in [3.63, 3.8) is 0 Å². The first-order valence-electron chi connectivity index (χ1n) is 3.66. The molecule has 1 atom stereocenters. The molecule has 1 fully saturated rings. The summed E-state index contributed by atoms with van der Waals surface area (Å²) in [4.78, 5) is 2.31. The third-order valence-electron chi connectivity index (χ3n) is 1.92. The molecule has 0 saturated carbocycles. The van der Waals surface area contributed by atoms with Gasteiger partial charge in [-0.1, -0.05) is 6.92 Å². The molecule has 9 heavy (non-hydrogen) atoms. The maximum Gasteiger partial charge on any atom is 0.0558 e. The van der Waals surface area contributed by atoms with Crippen molar-refractivity contribution in [2.75, 3.05) is 26.2 Å². The van der Waals surface area contributed by atoms with Gasteiger partial charge in [-0.05, 0) is 18.9 Å². The van der Waals surface area contributed by atoms with Gasteiger partial charge in [-0.3, -0.25) is 0 Å². The van der Waals surface area contributed by atoms with E-state index in [9.17, 15) is 0 Å². The van der Waals surface area contributed by atoms with Crippen molar-refractivity contribution in [2.24, 2.45) is 5.92 Å². The minimum Gasteiger partial charge on any atom is -0.395 e. The molecule has 0 spiro atoms. The minimum atomic E-state index is 0.312. The van der Waals surface area contributed by atoms with Gasteiger partial charge in [0.1, 0.15) is 0 Å². The fraction of sp³-hybridized carbons (Fsp3) is 1.00. The molecular formula is C7H15NO. The molecule has 0 bridgehead atoms. The van der Waals surface area contributed by atoms with Crippen LogP contribution in [0.15, 0.2) is 0 Å². The zero-order valence-electron chi connectivity index (χ0n) is 6.01. The molecule has 0 amide bonds. The fourth-order valence-corrected chi connectivity index (χ4v) is 1.37. The van der Waals surface area contributed by atoms with Crippen molar-refractivity contribution in [2.45, 2.75) is 13.3 Å². The van der Waals surface area contributed by atoms with Crippen LogP contribution in [0.2, 0.25) is 0 Å². The zero-order valence-corrected chi connectivity index (χ0v) is 6.01. The second-order valence-corrected chi connectivity index (χ2v) is 2.92. The van der Waals surface area contributed by atoms with Crippen LogP contribution in [0.4, 0.5) is 0 Å². The van der Waals surface area contributed by atoms with E-state index in [2.05, 4.69) is 11.8 Å². The predicted octanol–water partition coefficient (Wildman–Crippen LogP) is 0.321. The molecule has 1 rings (SSSR count). The Morgan fingerprint density at radius 1 is 1.67 bits per heavy atom. The number of aliphatic hydroxyl groups excluding tert-OH is 1. The van der Waals surface area contributed by atoms with Crippen LogP contribution >= 0.6 is 0 Å². The quantitative estimate of drug-likeness (QED) is 0.580. The van der Waals surface area contributed by atoms with Gasteiger partial charge in [0.15, 0.2) is 0 Å². The standard InChI is InChI=1S/C7H15NO/c1-7-2-3-8(6-7)4-5-9/h7,9H,2-6H2,1H3/t7-/m1/s1. The number of β-amino-alcohol motifs (C(OH)–C–C–N with tert-alkyl or cyclic N) is 1. The first kappa shape index (κ1) is 7.03. The molecule has 0 aromatic heterocycles. The molecule has 1 aliphatic heterocycles. The monoisotopic (exact) mass is 129 g/mol. The van der Waals surface area contributed by atoms with E-state index in [1.807, 2.05) is 0 Å². The summed E-state index contributed by atoms with van der Waals surface area (Å²) in [6, 6.07) is 0. The Hall–Kier alpha value is -0.0800. The van der Waals surface area contributed by atoms with Gasteiger partial charge in [0, 0.05) is 13.1 Å². The molecule has 1 N–H and O–H groups in total. The third kappa shape index (κ3) is 1.95. The summed E-state index contributed by atoms with van der Waals surface area (Å²) in [5.74, 6) is 0.844. The Balaban J connectivity index is 2.14. The lowest BCUT2D eigenvalue weighted by atomic mass is 10.2. The number of rotatable bonds is 2. The fourth-order valence-electron chi connectivity index (χ4n) is 1.37. The number of hydrogen-bond acceptors (Lipinski definition) is 2. The lowest BCUT2D eigenvalue weighted by Gasteiger charge is -2.11. The molecule has 1 heterocycles. The highest BCUT2D eigenvalue weighted by Gasteiger charge is 2.16. The normalized spacial score (nSPS) is 29.3. The summed E-state index contributed by atoms with van der Waals surface area (Å²) < 4.78 is 0. The Kier molecular flexibility index (Phi) is 2.49. The highest BCUT2D eigenvalue weighted by Crippen LogP contribution is 2.13.